The smallest absolute Gasteiger partial charge is 0.256 e. The minimum atomic E-state index is -0.00379. The minimum absolute atomic E-state index is 0.00379. The molecule has 1 aliphatic heterocycles. The first-order valence-electron chi connectivity index (χ1n) is 7.86. The molecule has 0 spiro atoms. The first kappa shape index (κ1) is 15.4. The maximum absolute atomic E-state index is 12.9. The second kappa shape index (κ2) is 6.32. The number of amides is 1. The van der Waals surface area contributed by atoms with Gasteiger partial charge >= 0.3 is 0 Å². The fraction of sp³-hybridized carbons (Fsp3) is 0.412. The summed E-state index contributed by atoms with van der Waals surface area (Å²) in [5.74, 6) is 1.52. The molecule has 3 rings (SSSR count). The number of nitrogens with one attached hydrogen (secondary N) is 1. The predicted molar refractivity (Wildman–Crippen MR) is 88.3 cm³/mol. The summed E-state index contributed by atoms with van der Waals surface area (Å²) in [6.07, 6.45) is 3.61. The highest BCUT2D eigenvalue weighted by atomic mass is 16.2. The van der Waals surface area contributed by atoms with Gasteiger partial charge in [-0.05, 0) is 38.8 Å². The van der Waals surface area contributed by atoms with Crippen LogP contribution in [0.15, 0.2) is 24.4 Å². The average molecular weight is 311 g/mol. The summed E-state index contributed by atoms with van der Waals surface area (Å²) in [6.45, 7) is 4.48. The molecule has 23 heavy (non-hydrogen) atoms. The molecule has 0 saturated carbocycles. The third kappa shape index (κ3) is 3.02. The highest BCUT2D eigenvalue weighted by Crippen LogP contribution is 2.33. The van der Waals surface area contributed by atoms with E-state index in [-0.39, 0.29) is 11.9 Å². The van der Waals surface area contributed by atoms with E-state index >= 15 is 0 Å². The maximum Gasteiger partial charge on any atom is 0.256 e. The Balaban J connectivity index is 1.93. The van der Waals surface area contributed by atoms with Crippen molar-refractivity contribution in [2.45, 2.75) is 32.7 Å². The van der Waals surface area contributed by atoms with Gasteiger partial charge in [0.25, 0.3) is 5.91 Å². The van der Waals surface area contributed by atoms with Gasteiger partial charge in [-0.3, -0.25) is 9.78 Å². The summed E-state index contributed by atoms with van der Waals surface area (Å²) in [7, 11) is 1.84. The molecule has 0 bridgehead atoms. The molecular formula is C17H21N5O. The number of rotatable bonds is 3. The number of aryl methyl sites for hydroxylation is 2. The fourth-order valence-corrected chi connectivity index (χ4v) is 3.07. The van der Waals surface area contributed by atoms with Crippen molar-refractivity contribution < 1.29 is 4.79 Å². The Hall–Kier alpha value is -2.50. The first-order valence-corrected chi connectivity index (χ1v) is 7.86. The van der Waals surface area contributed by atoms with Gasteiger partial charge in [-0.25, -0.2) is 9.97 Å². The van der Waals surface area contributed by atoms with Crippen LogP contribution in [0.2, 0.25) is 0 Å². The molecular weight excluding hydrogens is 290 g/mol. The van der Waals surface area contributed by atoms with Crippen molar-refractivity contribution in [3.63, 3.8) is 0 Å². The molecule has 2 aromatic rings. The Morgan fingerprint density at radius 2 is 2.17 bits per heavy atom. The van der Waals surface area contributed by atoms with Crippen LogP contribution >= 0.6 is 0 Å². The van der Waals surface area contributed by atoms with Crippen molar-refractivity contribution in [2.24, 2.45) is 0 Å². The van der Waals surface area contributed by atoms with Gasteiger partial charge in [0.15, 0.2) is 0 Å². The molecule has 1 saturated heterocycles. The van der Waals surface area contributed by atoms with Gasteiger partial charge < -0.3 is 10.2 Å². The molecule has 120 valence electrons. The molecule has 1 atom stereocenters. The molecule has 0 unspecified atom stereocenters. The Kier molecular flexibility index (Phi) is 4.23. The number of aromatic nitrogens is 3. The third-order valence-electron chi connectivity index (χ3n) is 4.21. The zero-order valence-electron chi connectivity index (χ0n) is 13.7. The van der Waals surface area contributed by atoms with E-state index in [4.69, 9.17) is 0 Å². The van der Waals surface area contributed by atoms with Gasteiger partial charge in [-0.1, -0.05) is 0 Å². The van der Waals surface area contributed by atoms with E-state index in [1.807, 2.05) is 37.9 Å². The summed E-state index contributed by atoms with van der Waals surface area (Å²) < 4.78 is 0. The van der Waals surface area contributed by atoms with Gasteiger partial charge in [0.2, 0.25) is 0 Å². The summed E-state index contributed by atoms with van der Waals surface area (Å²) in [5.41, 5.74) is 2.33. The molecule has 0 aromatic carbocycles. The van der Waals surface area contributed by atoms with E-state index in [9.17, 15) is 4.79 Å². The summed E-state index contributed by atoms with van der Waals surface area (Å²) >= 11 is 0. The number of carbonyl (C=O) groups excluding carboxylic acids is 1. The number of pyridine rings is 1. The fourth-order valence-electron chi connectivity index (χ4n) is 3.07. The van der Waals surface area contributed by atoms with Crippen molar-refractivity contribution in [2.75, 3.05) is 18.9 Å². The van der Waals surface area contributed by atoms with Crippen molar-refractivity contribution in [1.82, 2.24) is 19.9 Å². The normalized spacial score (nSPS) is 17.3. The van der Waals surface area contributed by atoms with Crippen molar-refractivity contribution >= 4 is 11.7 Å². The van der Waals surface area contributed by atoms with E-state index in [0.29, 0.717) is 11.4 Å². The van der Waals surface area contributed by atoms with E-state index in [1.54, 1.807) is 12.3 Å². The number of hydrogen-bond donors (Lipinski definition) is 1. The highest BCUT2D eigenvalue weighted by molar-refractivity contribution is 5.95. The minimum Gasteiger partial charge on any atom is -0.373 e. The molecule has 6 heteroatoms. The van der Waals surface area contributed by atoms with Crippen LogP contribution in [0.5, 0.6) is 0 Å². The summed E-state index contributed by atoms with van der Waals surface area (Å²) in [4.78, 5) is 27.9. The van der Waals surface area contributed by atoms with Crippen molar-refractivity contribution in [1.29, 1.82) is 0 Å². The van der Waals surface area contributed by atoms with Gasteiger partial charge in [0, 0.05) is 31.5 Å². The number of anilines is 1. The lowest BCUT2D eigenvalue weighted by molar-refractivity contribution is 0.0731. The second-order valence-electron chi connectivity index (χ2n) is 5.77. The van der Waals surface area contributed by atoms with Gasteiger partial charge in [0.05, 0.1) is 17.3 Å². The molecule has 0 aliphatic carbocycles. The Labute approximate surface area is 136 Å². The molecule has 2 aromatic heterocycles. The van der Waals surface area contributed by atoms with Crippen LogP contribution in [-0.4, -0.2) is 39.4 Å². The average Bonchev–Trinajstić information content (AvgIpc) is 3.03. The third-order valence-corrected chi connectivity index (χ3v) is 4.21. The van der Waals surface area contributed by atoms with Crippen molar-refractivity contribution in [3.05, 3.63) is 47.2 Å². The van der Waals surface area contributed by atoms with E-state index in [2.05, 4.69) is 20.3 Å². The Morgan fingerprint density at radius 3 is 2.91 bits per heavy atom. The van der Waals surface area contributed by atoms with Crippen LogP contribution in [0.1, 0.15) is 46.5 Å². The number of hydrogen-bond acceptors (Lipinski definition) is 5. The van der Waals surface area contributed by atoms with Gasteiger partial charge in [-0.2, -0.15) is 0 Å². The number of carbonyl (C=O) groups is 1. The van der Waals surface area contributed by atoms with Crippen LogP contribution in [0, 0.1) is 13.8 Å². The lowest BCUT2D eigenvalue weighted by Crippen LogP contribution is -2.31. The Bertz CT molecular complexity index is 731. The van der Waals surface area contributed by atoms with E-state index in [1.165, 1.54) is 0 Å². The molecule has 1 aliphatic rings. The molecule has 6 nitrogen and oxygen atoms in total. The largest absolute Gasteiger partial charge is 0.373 e. The van der Waals surface area contributed by atoms with Crippen LogP contribution in [-0.2, 0) is 0 Å². The SMILES string of the molecule is CNc1cc([C@@H]2CCCN2C(=O)c2cccnc2C)nc(C)n1. The summed E-state index contributed by atoms with van der Waals surface area (Å²) in [5, 5.41) is 3.05. The summed E-state index contributed by atoms with van der Waals surface area (Å²) in [6, 6.07) is 5.57. The van der Waals surface area contributed by atoms with Crippen LogP contribution in [0.4, 0.5) is 5.82 Å². The zero-order chi connectivity index (χ0) is 16.4. The number of nitrogens with zero attached hydrogens (tertiary/aromatic N) is 4. The van der Waals surface area contributed by atoms with Crippen LogP contribution < -0.4 is 5.32 Å². The topological polar surface area (TPSA) is 71.0 Å². The van der Waals surface area contributed by atoms with Crippen LogP contribution in [0.25, 0.3) is 0 Å². The van der Waals surface area contributed by atoms with Gasteiger partial charge in [0.1, 0.15) is 11.6 Å². The zero-order valence-corrected chi connectivity index (χ0v) is 13.7. The van der Waals surface area contributed by atoms with Crippen molar-refractivity contribution in [3.8, 4) is 0 Å². The quantitative estimate of drug-likeness (QED) is 0.943. The van der Waals surface area contributed by atoms with Crippen LogP contribution in [0.3, 0.4) is 0 Å². The molecule has 1 fully saturated rings. The molecule has 0 radical (unpaired) electrons. The predicted octanol–water partition coefficient (Wildman–Crippen LogP) is 2.51. The monoisotopic (exact) mass is 311 g/mol. The van der Waals surface area contributed by atoms with Gasteiger partial charge in [-0.15, -0.1) is 0 Å². The lowest BCUT2D eigenvalue weighted by atomic mass is 10.1. The van der Waals surface area contributed by atoms with E-state index in [0.717, 1.165) is 36.6 Å². The number of likely N-dealkylation sites (tertiary alicyclic amines) is 1. The molecule has 1 N–H and O–H groups in total. The standard InChI is InChI=1S/C17H21N5O/c1-11-13(6-4-8-19-11)17(23)22-9-5-7-15(22)14-10-16(18-3)21-12(2)20-14/h4,6,8,10,15H,5,7,9H2,1-3H3,(H,18,20,21)/t15-/m0/s1. The van der Waals surface area contributed by atoms with E-state index < -0.39 is 0 Å². The second-order valence-corrected chi connectivity index (χ2v) is 5.77. The molecule has 3 heterocycles. The Morgan fingerprint density at radius 1 is 1.35 bits per heavy atom. The maximum atomic E-state index is 12.9. The highest BCUT2D eigenvalue weighted by Gasteiger charge is 2.32. The first-order chi connectivity index (χ1) is 11.1. The molecule has 1 amide bonds. The lowest BCUT2D eigenvalue weighted by Gasteiger charge is -2.25.